The molecule has 4 N–H and O–H groups in total. The largest absolute Gasteiger partial charge is 0.481 e. The van der Waals surface area contributed by atoms with Crippen molar-refractivity contribution in [3.05, 3.63) is 130 Å². The van der Waals surface area contributed by atoms with E-state index in [1.54, 1.807) is 0 Å². The molecule has 0 bridgehead atoms. The molecule has 0 spiro atoms. The van der Waals surface area contributed by atoms with Gasteiger partial charge in [-0.3, -0.25) is 9.59 Å². The maximum atomic E-state index is 12.1. The standard InChI is InChI=1S/C41H45ClN2O7/c1-27-36(25-44-20-18-41(49,19-21-44)34-12-14-35(42)15-13-34)50-40(51-39(27)30-10-8-28(26-45)9-11-30)33-7-3-6-32(23-33)31-5-2-4-29(22-31)24-43-37(46)16-17-38(47)48/h2-15,22-23,27,36,39-40,45,49H,16-21,24-26H2,1H3,(H,43,46)(H,47,48). The predicted molar refractivity (Wildman–Crippen MR) is 195 cm³/mol. The third-order valence-electron chi connectivity index (χ3n) is 10.1. The van der Waals surface area contributed by atoms with Crippen LogP contribution in [0, 0.1) is 5.92 Å². The first-order valence-corrected chi connectivity index (χ1v) is 17.9. The zero-order valence-corrected chi connectivity index (χ0v) is 29.5. The number of nitrogens with one attached hydrogen (secondary N) is 1. The Bertz CT molecular complexity index is 1790. The maximum Gasteiger partial charge on any atom is 0.303 e. The second-order valence-electron chi connectivity index (χ2n) is 13.7. The first-order valence-electron chi connectivity index (χ1n) is 17.5. The molecule has 2 saturated heterocycles. The molecule has 6 rings (SSSR count). The normalized spacial score (nSPS) is 22.0. The molecule has 4 unspecified atom stereocenters. The molecule has 1 amide bonds. The molecule has 2 aliphatic rings. The average Bonchev–Trinajstić information content (AvgIpc) is 3.15. The summed E-state index contributed by atoms with van der Waals surface area (Å²) < 4.78 is 13.5. The Morgan fingerprint density at radius 1 is 0.863 bits per heavy atom. The Kier molecular flexibility index (Phi) is 11.9. The monoisotopic (exact) mass is 712 g/mol. The number of hydrogen-bond acceptors (Lipinski definition) is 7. The molecule has 268 valence electrons. The van der Waals surface area contributed by atoms with Crippen LogP contribution in [0.3, 0.4) is 0 Å². The number of carbonyl (C=O) groups is 2. The number of aliphatic hydroxyl groups excluding tert-OH is 1. The summed E-state index contributed by atoms with van der Waals surface area (Å²) in [6.07, 6.45) is -0.109. The van der Waals surface area contributed by atoms with Crippen LogP contribution in [0.4, 0.5) is 0 Å². The van der Waals surface area contributed by atoms with Crippen molar-refractivity contribution in [1.29, 1.82) is 0 Å². The van der Waals surface area contributed by atoms with Crippen molar-refractivity contribution >= 4 is 23.5 Å². The van der Waals surface area contributed by atoms with Crippen molar-refractivity contribution in [2.24, 2.45) is 5.92 Å². The highest BCUT2D eigenvalue weighted by Crippen LogP contribution is 2.43. The van der Waals surface area contributed by atoms with Gasteiger partial charge in [0.15, 0.2) is 6.29 Å². The lowest BCUT2D eigenvalue weighted by molar-refractivity contribution is -0.277. The number of aliphatic hydroxyl groups is 2. The van der Waals surface area contributed by atoms with Gasteiger partial charge in [-0.25, -0.2) is 0 Å². The van der Waals surface area contributed by atoms with E-state index in [0.29, 0.717) is 31.0 Å². The van der Waals surface area contributed by atoms with Gasteiger partial charge in [0.2, 0.25) is 5.91 Å². The quantitative estimate of drug-likeness (QED) is 0.127. The van der Waals surface area contributed by atoms with Crippen molar-refractivity contribution < 1.29 is 34.4 Å². The molecule has 0 aromatic heterocycles. The van der Waals surface area contributed by atoms with E-state index in [4.69, 9.17) is 26.2 Å². The number of amides is 1. The Balaban J connectivity index is 1.19. The van der Waals surface area contributed by atoms with Crippen molar-refractivity contribution in [1.82, 2.24) is 10.2 Å². The van der Waals surface area contributed by atoms with E-state index < -0.39 is 17.9 Å². The smallest absolute Gasteiger partial charge is 0.303 e. The van der Waals surface area contributed by atoms with Crippen LogP contribution in [-0.4, -0.2) is 57.8 Å². The molecule has 2 heterocycles. The highest BCUT2D eigenvalue weighted by atomic mass is 35.5. The van der Waals surface area contributed by atoms with Crippen LogP contribution in [0.25, 0.3) is 11.1 Å². The van der Waals surface area contributed by atoms with Crippen LogP contribution in [0.5, 0.6) is 0 Å². The van der Waals surface area contributed by atoms with Gasteiger partial charge in [-0.05, 0) is 70.5 Å². The summed E-state index contributed by atoms with van der Waals surface area (Å²) in [5.74, 6) is -1.29. The fourth-order valence-corrected chi connectivity index (χ4v) is 7.10. The number of piperidine rings is 1. The van der Waals surface area contributed by atoms with E-state index in [0.717, 1.165) is 52.0 Å². The van der Waals surface area contributed by atoms with Gasteiger partial charge in [-0.2, -0.15) is 0 Å². The topological polar surface area (TPSA) is 129 Å². The van der Waals surface area contributed by atoms with Crippen molar-refractivity contribution in [3.63, 3.8) is 0 Å². The minimum Gasteiger partial charge on any atom is -0.481 e. The van der Waals surface area contributed by atoms with E-state index in [1.807, 2.05) is 91.0 Å². The number of ether oxygens (including phenoxy) is 2. The summed E-state index contributed by atoms with van der Waals surface area (Å²) in [5, 5.41) is 33.4. The zero-order valence-electron chi connectivity index (χ0n) is 28.7. The lowest BCUT2D eigenvalue weighted by atomic mass is 9.84. The fraction of sp³-hybridized carbons (Fsp3) is 0.366. The first-order chi connectivity index (χ1) is 24.6. The number of carbonyl (C=O) groups excluding carboxylic acids is 1. The molecular weight excluding hydrogens is 668 g/mol. The van der Waals surface area contributed by atoms with E-state index in [9.17, 15) is 19.8 Å². The molecule has 4 aromatic rings. The average molecular weight is 713 g/mol. The molecule has 9 nitrogen and oxygen atoms in total. The third-order valence-corrected chi connectivity index (χ3v) is 10.4. The van der Waals surface area contributed by atoms with Crippen molar-refractivity contribution in [2.45, 2.75) is 69.9 Å². The molecule has 0 saturated carbocycles. The van der Waals surface area contributed by atoms with Crippen molar-refractivity contribution in [2.75, 3.05) is 19.6 Å². The number of carboxylic acids is 1. The lowest BCUT2D eigenvalue weighted by Crippen LogP contribution is -2.49. The summed E-state index contributed by atoms with van der Waals surface area (Å²) in [7, 11) is 0. The maximum absolute atomic E-state index is 12.1. The molecule has 2 fully saturated rings. The Labute approximate surface area is 303 Å². The number of halogens is 1. The lowest BCUT2D eigenvalue weighted by Gasteiger charge is -2.45. The highest BCUT2D eigenvalue weighted by molar-refractivity contribution is 6.30. The van der Waals surface area contributed by atoms with Gasteiger partial charge >= 0.3 is 5.97 Å². The van der Waals surface area contributed by atoms with E-state index >= 15 is 0 Å². The molecule has 2 aliphatic heterocycles. The number of likely N-dealkylation sites (tertiary alicyclic amines) is 1. The SMILES string of the molecule is CC1C(CN2CCC(O)(c3ccc(Cl)cc3)CC2)OC(c2cccc(-c3cccc(CNC(=O)CCC(=O)O)c3)c2)OC1c1ccc(CO)cc1. The van der Waals surface area contributed by atoms with E-state index in [-0.39, 0.29) is 43.5 Å². The Hall–Kier alpha value is -4.09. The van der Waals surface area contributed by atoms with Gasteiger partial charge in [0.1, 0.15) is 0 Å². The van der Waals surface area contributed by atoms with Gasteiger partial charge < -0.3 is 35.0 Å². The molecule has 0 aliphatic carbocycles. The summed E-state index contributed by atoms with van der Waals surface area (Å²) >= 11 is 6.10. The number of rotatable bonds is 12. The van der Waals surface area contributed by atoms with Gasteiger partial charge in [0.05, 0.1) is 30.8 Å². The fourth-order valence-electron chi connectivity index (χ4n) is 6.97. The van der Waals surface area contributed by atoms with Crippen LogP contribution in [0.2, 0.25) is 5.02 Å². The number of aliphatic carboxylic acids is 1. The van der Waals surface area contributed by atoms with Crippen LogP contribution in [0.15, 0.2) is 97.1 Å². The van der Waals surface area contributed by atoms with Crippen LogP contribution in [0.1, 0.15) is 72.8 Å². The van der Waals surface area contributed by atoms with Crippen molar-refractivity contribution in [3.8, 4) is 11.1 Å². The second-order valence-corrected chi connectivity index (χ2v) is 14.1. The molecule has 4 aromatic carbocycles. The van der Waals surface area contributed by atoms with E-state index in [2.05, 4.69) is 23.2 Å². The predicted octanol–water partition coefficient (Wildman–Crippen LogP) is 6.76. The Morgan fingerprint density at radius 3 is 2.24 bits per heavy atom. The van der Waals surface area contributed by atoms with Gasteiger partial charge in [0.25, 0.3) is 0 Å². The first kappa shape index (κ1) is 36.7. The van der Waals surface area contributed by atoms with Crippen LogP contribution < -0.4 is 5.32 Å². The molecule has 0 radical (unpaired) electrons. The van der Waals surface area contributed by atoms with Crippen LogP contribution in [-0.2, 0) is 37.8 Å². The molecule has 51 heavy (non-hydrogen) atoms. The number of carboxylic acid groups (broad SMARTS) is 1. The number of nitrogens with zero attached hydrogens (tertiary/aromatic N) is 1. The van der Waals surface area contributed by atoms with Gasteiger partial charge in [0, 0.05) is 49.1 Å². The zero-order chi connectivity index (χ0) is 36.0. The summed E-state index contributed by atoms with van der Waals surface area (Å²) in [5.41, 5.74) is 5.56. The Morgan fingerprint density at radius 2 is 1.55 bits per heavy atom. The third kappa shape index (κ3) is 9.23. The molecule has 4 atom stereocenters. The number of hydrogen-bond donors (Lipinski definition) is 4. The minimum atomic E-state index is -1.00. The second kappa shape index (κ2) is 16.5. The summed E-state index contributed by atoms with van der Waals surface area (Å²) in [6, 6.07) is 31.3. The highest BCUT2D eigenvalue weighted by Gasteiger charge is 2.41. The van der Waals surface area contributed by atoms with Gasteiger partial charge in [-0.15, -0.1) is 0 Å². The number of benzene rings is 4. The minimum absolute atomic E-state index is 0.0175. The molecule has 10 heteroatoms. The van der Waals surface area contributed by atoms with Crippen LogP contribution >= 0.6 is 11.6 Å². The summed E-state index contributed by atoms with van der Waals surface area (Å²) in [4.78, 5) is 25.3. The van der Waals surface area contributed by atoms with E-state index in [1.165, 1.54) is 0 Å². The summed E-state index contributed by atoms with van der Waals surface area (Å²) in [6.45, 7) is 4.55. The van der Waals surface area contributed by atoms with Gasteiger partial charge in [-0.1, -0.05) is 91.3 Å². The molecular formula is C41H45ClN2O7.